The van der Waals surface area contributed by atoms with Gasteiger partial charge in [-0.25, -0.2) is 4.98 Å². The van der Waals surface area contributed by atoms with Gasteiger partial charge in [0.25, 0.3) is 11.8 Å². The van der Waals surface area contributed by atoms with Crippen LogP contribution in [0.15, 0.2) is 55.0 Å². The van der Waals surface area contributed by atoms with E-state index in [9.17, 15) is 9.59 Å². The second kappa shape index (κ2) is 7.35. The predicted octanol–water partition coefficient (Wildman–Crippen LogP) is 1.62. The molecule has 0 unspecified atom stereocenters. The van der Waals surface area contributed by atoms with Crippen LogP contribution in [0.4, 0.5) is 5.82 Å². The molecule has 0 saturated carbocycles. The van der Waals surface area contributed by atoms with Gasteiger partial charge in [-0.15, -0.1) is 0 Å². The second-order valence-electron chi connectivity index (χ2n) is 5.32. The van der Waals surface area contributed by atoms with Crippen molar-refractivity contribution in [3.63, 3.8) is 0 Å². The first-order valence-corrected chi connectivity index (χ1v) is 7.58. The number of aryl methyl sites for hydroxylation is 1. The highest BCUT2D eigenvalue weighted by Crippen LogP contribution is 2.15. The first-order chi connectivity index (χ1) is 12.1. The van der Waals surface area contributed by atoms with Gasteiger partial charge >= 0.3 is 0 Å². The van der Waals surface area contributed by atoms with Crippen molar-refractivity contribution in [1.29, 1.82) is 0 Å². The van der Waals surface area contributed by atoms with Crippen molar-refractivity contribution < 1.29 is 9.59 Å². The van der Waals surface area contributed by atoms with Gasteiger partial charge in [-0.1, -0.05) is 30.3 Å². The van der Waals surface area contributed by atoms with E-state index >= 15 is 0 Å². The van der Waals surface area contributed by atoms with Crippen molar-refractivity contribution in [2.24, 2.45) is 0 Å². The molecule has 3 aromatic rings. The van der Waals surface area contributed by atoms with Gasteiger partial charge < -0.3 is 10.6 Å². The molecular weight excluding hydrogens is 320 g/mol. The molecule has 0 saturated heterocycles. The van der Waals surface area contributed by atoms with Crippen molar-refractivity contribution in [2.75, 3.05) is 5.32 Å². The molecule has 0 aliphatic heterocycles. The van der Waals surface area contributed by atoms with Gasteiger partial charge in [0.05, 0.1) is 18.1 Å². The summed E-state index contributed by atoms with van der Waals surface area (Å²) in [6.45, 7) is 1.78. The fraction of sp³-hybridized carbons (Fsp3) is 0.118. The summed E-state index contributed by atoms with van der Waals surface area (Å²) in [5.41, 5.74) is 1.49. The fourth-order valence-electron chi connectivity index (χ4n) is 2.19. The van der Waals surface area contributed by atoms with E-state index in [4.69, 9.17) is 0 Å². The Morgan fingerprint density at radius 1 is 1.08 bits per heavy atom. The van der Waals surface area contributed by atoms with Crippen LogP contribution < -0.4 is 10.6 Å². The molecule has 1 atom stereocenters. The summed E-state index contributed by atoms with van der Waals surface area (Å²) in [6, 6.07) is 9.68. The van der Waals surface area contributed by atoms with Crippen LogP contribution in [-0.4, -0.2) is 32.0 Å². The zero-order chi connectivity index (χ0) is 17.6. The second-order valence-corrected chi connectivity index (χ2v) is 5.32. The summed E-state index contributed by atoms with van der Waals surface area (Å²) in [5.74, 6) is -0.444. The molecule has 0 fully saturated rings. The van der Waals surface area contributed by atoms with Gasteiger partial charge in [0.15, 0.2) is 0 Å². The monoisotopic (exact) mass is 336 g/mol. The number of nitrogens with zero attached hydrogens (tertiary/aromatic N) is 3. The van der Waals surface area contributed by atoms with Crippen molar-refractivity contribution >= 4 is 17.6 Å². The number of nitrogens with one attached hydrogen (secondary N) is 3. The Labute approximate surface area is 143 Å². The molecule has 0 aliphatic rings. The van der Waals surface area contributed by atoms with E-state index in [0.29, 0.717) is 17.1 Å². The lowest BCUT2D eigenvalue weighted by Crippen LogP contribution is -2.37. The van der Waals surface area contributed by atoms with E-state index in [1.807, 2.05) is 6.07 Å². The first kappa shape index (κ1) is 16.3. The Bertz CT molecular complexity index is 847. The molecule has 126 valence electrons. The van der Waals surface area contributed by atoms with E-state index in [1.165, 1.54) is 18.6 Å². The van der Waals surface area contributed by atoms with E-state index in [0.717, 1.165) is 0 Å². The summed E-state index contributed by atoms with van der Waals surface area (Å²) in [7, 11) is 0. The normalized spacial score (nSPS) is 11.6. The number of carbonyl (C=O) groups is 2. The maximum atomic E-state index is 12.6. The molecule has 3 N–H and O–H groups in total. The maximum Gasteiger partial charge on any atom is 0.272 e. The molecule has 1 aromatic carbocycles. The highest BCUT2D eigenvalue weighted by atomic mass is 16.2. The Morgan fingerprint density at radius 2 is 1.88 bits per heavy atom. The van der Waals surface area contributed by atoms with Crippen LogP contribution in [0, 0.1) is 6.92 Å². The van der Waals surface area contributed by atoms with Gasteiger partial charge in [-0.3, -0.25) is 19.7 Å². The largest absolute Gasteiger partial charge is 0.335 e. The number of amides is 2. The average Bonchev–Trinajstić information content (AvgIpc) is 3.13. The predicted molar refractivity (Wildman–Crippen MR) is 90.6 cm³/mol. The van der Waals surface area contributed by atoms with Crippen LogP contribution in [0.2, 0.25) is 0 Å². The number of rotatable bonds is 5. The van der Waals surface area contributed by atoms with E-state index in [2.05, 4.69) is 30.8 Å². The van der Waals surface area contributed by atoms with Crippen LogP contribution >= 0.6 is 0 Å². The number of benzene rings is 1. The molecule has 0 bridgehead atoms. The average molecular weight is 336 g/mol. The molecule has 0 spiro atoms. The number of H-pyrrole nitrogens is 1. The summed E-state index contributed by atoms with van der Waals surface area (Å²) < 4.78 is 0. The SMILES string of the molecule is Cc1cnc(C(=O)N[C@H](C(=O)Nc2ccn[nH]2)c2ccccc2)cn1. The van der Waals surface area contributed by atoms with Gasteiger partial charge in [0.2, 0.25) is 0 Å². The Hall–Kier alpha value is -3.55. The molecule has 2 aromatic heterocycles. The first-order valence-electron chi connectivity index (χ1n) is 7.58. The van der Waals surface area contributed by atoms with Crippen LogP contribution in [0.5, 0.6) is 0 Å². The molecule has 2 amide bonds. The molecule has 8 heteroatoms. The van der Waals surface area contributed by atoms with Crippen LogP contribution in [0.1, 0.15) is 27.8 Å². The Morgan fingerprint density at radius 3 is 2.52 bits per heavy atom. The third kappa shape index (κ3) is 4.05. The van der Waals surface area contributed by atoms with Crippen LogP contribution in [0.25, 0.3) is 0 Å². The van der Waals surface area contributed by atoms with E-state index < -0.39 is 17.9 Å². The van der Waals surface area contributed by atoms with Gasteiger partial charge in [0, 0.05) is 12.3 Å². The van der Waals surface area contributed by atoms with Crippen molar-refractivity contribution in [1.82, 2.24) is 25.5 Å². The standard InChI is InChI=1S/C17H16N6O2/c1-11-9-19-13(10-18-11)16(24)22-15(12-5-3-2-4-6-12)17(25)21-14-7-8-20-23-14/h2-10,15H,1H3,(H,22,24)(H2,20,21,23,25)/t15-/m0/s1. The molecule has 0 aliphatic carbocycles. The van der Waals surface area contributed by atoms with Crippen molar-refractivity contribution in [3.05, 3.63) is 71.9 Å². The summed E-state index contributed by atoms with van der Waals surface area (Å²) in [6.07, 6.45) is 4.39. The fourth-order valence-corrected chi connectivity index (χ4v) is 2.19. The van der Waals surface area contributed by atoms with Gasteiger partial charge in [-0.05, 0) is 12.5 Å². The highest BCUT2D eigenvalue weighted by Gasteiger charge is 2.24. The number of anilines is 1. The number of aromatic nitrogens is 4. The van der Waals surface area contributed by atoms with Gasteiger partial charge in [-0.2, -0.15) is 5.10 Å². The Kier molecular flexibility index (Phi) is 4.79. The van der Waals surface area contributed by atoms with E-state index in [1.54, 1.807) is 37.3 Å². The zero-order valence-electron chi connectivity index (χ0n) is 13.4. The molecule has 8 nitrogen and oxygen atoms in total. The summed E-state index contributed by atoms with van der Waals surface area (Å²) in [5, 5.41) is 11.8. The van der Waals surface area contributed by atoms with Crippen LogP contribution in [-0.2, 0) is 4.79 Å². The molecule has 25 heavy (non-hydrogen) atoms. The molecule has 3 rings (SSSR count). The summed E-state index contributed by atoms with van der Waals surface area (Å²) >= 11 is 0. The lowest BCUT2D eigenvalue weighted by atomic mass is 10.1. The molecule has 2 heterocycles. The van der Waals surface area contributed by atoms with Crippen LogP contribution in [0.3, 0.4) is 0 Å². The zero-order valence-corrected chi connectivity index (χ0v) is 13.4. The quantitative estimate of drug-likeness (QED) is 0.655. The summed E-state index contributed by atoms with van der Waals surface area (Å²) in [4.78, 5) is 33.1. The molecular formula is C17H16N6O2. The van der Waals surface area contributed by atoms with Crippen molar-refractivity contribution in [2.45, 2.75) is 13.0 Å². The van der Waals surface area contributed by atoms with E-state index in [-0.39, 0.29) is 5.69 Å². The third-order valence-electron chi connectivity index (χ3n) is 3.44. The Balaban J connectivity index is 1.82. The smallest absolute Gasteiger partial charge is 0.272 e. The minimum absolute atomic E-state index is 0.140. The maximum absolute atomic E-state index is 12.6. The minimum Gasteiger partial charge on any atom is -0.335 e. The lowest BCUT2D eigenvalue weighted by Gasteiger charge is -2.18. The molecule has 0 radical (unpaired) electrons. The minimum atomic E-state index is -0.889. The lowest BCUT2D eigenvalue weighted by molar-refractivity contribution is -0.118. The number of aromatic amines is 1. The van der Waals surface area contributed by atoms with Crippen molar-refractivity contribution in [3.8, 4) is 0 Å². The number of hydrogen-bond acceptors (Lipinski definition) is 5. The topological polar surface area (TPSA) is 113 Å². The van der Waals surface area contributed by atoms with Gasteiger partial charge in [0.1, 0.15) is 17.6 Å². The third-order valence-corrected chi connectivity index (χ3v) is 3.44. The number of carbonyl (C=O) groups excluding carboxylic acids is 2. The number of hydrogen-bond donors (Lipinski definition) is 3. The highest BCUT2D eigenvalue weighted by molar-refractivity contribution is 6.00.